The fourth-order valence-electron chi connectivity index (χ4n) is 1.72. The van der Waals surface area contributed by atoms with Gasteiger partial charge < -0.3 is 10.3 Å². The van der Waals surface area contributed by atoms with Crippen molar-refractivity contribution in [3.05, 3.63) is 30.1 Å². The van der Waals surface area contributed by atoms with Crippen molar-refractivity contribution in [3.8, 4) is 0 Å². The van der Waals surface area contributed by atoms with E-state index in [4.69, 9.17) is 0 Å². The molecule has 0 aliphatic rings. The molecular formula is C14H19N3O. The standard InChI is InChI=1S/C14H19N3O/c1-14(2,3)13(18)15-7-6-10-4-5-11-12(8-10)17-9-16-11/h4-5,8-9H,6-7H2,1-3H3,(H,15,18)(H,16,17). The molecule has 1 aromatic carbocycles. The van der Waals surface area contributed by atoms with Gasteiger partial charge in [-0.05, 0) is 24.1 Å². The van der Waals surface area contributed by atoms with Crippen molar-refractivity contribution >= 4 is 16.9 Å². The molecule has 96 valence electrons. The second-order valence-corrected chi connectivity index (χ2v) is 5.51. The maximum absolute atomic E-state index is 11.7. The first-order valence-corrected chi connectivity index (χ1v) is 6.17. The van der Waals surface area contributed by atoms with Crippen LogP contribution >= 0.6 is 0 Å². The van der Waals surface area contributed by atoms with Crippen LogP contribution in [0.4, 0.5) is 0 Å². The highest BCUT2D eigenvalue weighted by molar-refractivity contribution is 5.81. The summed E-state index contributed by atoms with van der Waals surface area (Å²) >= 11 is 0. The summed E-state index contributed by atoms with van der Waals surface area (Å²) in [5.74, 6) is 0.0881. The summed E-state index contributed by atoms with van der Waals surface area (Å²) in [6, 6.07) is 6.12. The van der Waals surface area contributed by atoms with E-state index in [9.17, 15) is 4.79 Å². The van der Waals surface area contributed by atoms with E-state index in [1.54, 1.807) is 6.33 Å². The number of aromatic nitrogens is 2. The van der Waals surface area contributed by atoms with E-state index in [2.05, 4.69) is 21.4 Å². The van der Waals surface area contributed by atoms with Gasteiger partial charge >= 0.3 is 0 Å². The van der Waals surface area contributed by atoms with Crippen LogP contribution in [0.5, 0.6) is 0 Å². The molecule has 0 fully saturated rings. The number of rotatable bonds is 3. The SMILES string of the molecule is CC(C)(C)C(=O)NCCc1ccc2nc[nH]c2c1. The van der Waals surface area contributed by atoms with Crippen LogP contribution in [-0.2, 0) is 11.2 Å². The largest absolute Gasteiger partial charge is 0.355 e. The number of benzene rings is 1. The molecule has 4 heteroatoms. The summed E-state index contributed by atoms with van der Waals surface area (Å²) in [5, 5.41) is 2.95. The minimum Gasteiger partial charge on any atom is -0.355 e. The van der Waals surface area contributed by atoms with E-state index < -0.39 is 0 Å². The summed E-state index contributed by atoms with van der Waals surface area (Å²) in [6.07, 6.45) is 2.52. The molecule has 1 heterocycles. The number of carbonyl (C=O) groups is 1. The molecule has 0 spiro atoms. The predicted molar refractivity (Wildman–Crippen MR) is 72.3 cm³/mol. The van der Waals surface area contributed by atoms with Gasteiger partial charge in [-0.25, -0.2) is 4.98 Å². The third kappa shape index (κ3) is 2.88. The van der Waals surface area contributed by atoms with Gasteiger partial charge in [0.2, 0.25) is 5.91 Å². The zero-order valence-corrected chi connectivity index (χ0v) is 11.1. The van der Waals surface area contributed by atoms with Crippen molar-refractivity contribution in [2.75, 3.05) is 6.54 Å². The van der Waals surface area contributed by atoms with E-state index >= 15 is 0 Å². The van der Waals surface area contributed by atoms with Crippen LogP contribution < -0.4 is 5.32 Å². The maximum atomic E-state index is 11.7. The second-order valence-electron chi connectivity index (χ2n) is 5.51. The van der Waals surface area contributed by atoms with Gasteiger partial charge in [-0.1, -0.05) is 26.8 Å². The lowest BCUT2D eigenvalue weighted by molar-refractivity contribution is -0.128. The predicted octanol–water partition coefficient (Wildman–Crippen LogP) is 2.27. The first-order valence-electron chi connectivity index (χ1n) is 6.17. The van der Waals surface area contributed by atoms with Crippen LogP contribution in [0.3, 0.4) is 0 Å². The quantitative estimate of drug-likeness (QED) is 0.871. The fourth-order valence-corrected chi connectivity index (χ4v) is 1.72. The van der Waals surface area contributed by atoms with E-state index in [0.717, 1.165) is 17.5 Å². The van der Waals surface area contributed by atoms with E-state index in [0.29, 0.717) is 6.54 Å². The highest BCUT2D eigenvalue weighted by Gasteiger charge is 2.20. The molecule has 0 aliphatic heterocycles. The molecule has 0 bridgehead atoms. The smallest absolute Gasteiger partial charge is 0.225 e. The van der Waals surface area contributed by atoms with Crippen LogP contribution in [0.1, 0.15) is 26.3 Å². The molecule has 2 rings (SSSR count). The average Bonchev–Trinajstić information content (AvgIpc) is 2.74. The molecule has 0 aliphatic carbocycles. The lowest BCUT2D eigenvalue weighted by Crippen LogP contribution is -2.35. The van der Waals surface area contributed by atoms with E-state index in [1.807, 2.05) is 32.9 Å². The van der Waals surface area contributed by atoms with Crippen molar-refractivity contribution in [2.45, 2.75) is 27.2 Å². The summed E-state index contributed by atoms with van der Waals surface area (Å²) in [5.41, 5.74) is 2.88. The summed E-state index contributed by atoms with van der Waals surface area (Å²) in [6.45, 7) is 6.41. The van der Waals surface area contributed by atoms with Crippen LogP contribution in [0.25, 0.3) is 11.0 Å². The van der Waals surface area contributed by atoms with Crippen molar-refractivity contribution in [3.63, 3.8) is 0 Å². The summed E-state index contributed by atoms with van der Waals surface area (Å²) in [4.78, 5) is 19.0. The Hall–Kier alpha value is -1.84. The third-order valence-electron chi connectivity index (χ3n) is 2.87. The zero-order valence-electron chi connectivity index (χ0n) is 11.1. The number of H-pyrrole nitrogens is 1. The van der Waals surface area contributed by atoms with Gasteiger partial charge in [0, 0.05) is 12.0 Å². The van der Waals surface area contributed by atoms with Gasteiger partial charge in [0.15, 0.2) is 0 Å². The highest BCUT2D eigenvalue weighted by Crippen LogP contribution is 2.13. The second kappa shape index (κ2) is 4.80. The molecular weight excluding hydrogens is 226 g/mol. The Labute approximate surface area is 107 Å². The Bertz CT molecular complexity index is 551. The van der Waals surface area contributed by atoms with Crippen molar-refractivity contribution in [1.82, 2.24) is 15.3 Å². The van der Waals surface area contributed by atoms with Crippen molar-refractivity contribution in [1.29, 1.82) is 0 Å². The van der Waals surface area contributed by atoms with Gasteiger partial charge in [0.25, 0.3) is 0 Å². The molecule has 4 nitrogen and oxygen atoms in total. The Morgan fingerprint density at radius 3 is 2.89 bits per heavy atom. The van der Waals surface area contributed by atoms with Crippen LogP contribution in [0.15, 0.2) is 24.5 Å². The molecule has 0 unspecified atom stereocenters. The molecule has 0 saturated heterocycles. The number of imidazole rings is 1. The van der Waals surface area contributed by atoms with Crippen molar-refractivity contribution < 1.29 is 4.79 Å². The van der Waals surface area contributed by atoms with Crippen molar-refractivity contribution in [2.24, 2.45) is 5.41 Å². The molecule has 0 saturated carbocycles. The number of nitrogens with one attached hydrogen (secondary N) is 2. The lowest BCUT2D eigenvalue weighted by Gasteiger charge is -2.17. The fraction of sp³-hybridized carbons (Fsp3) is 0.429. The molecule has 0 radical (unpaired) electrons. The maximum Gasteiger partial charge on any atom is 0.225 e. The molecule has 0 atom stereocenters. The number of hydrogen-bond acceptors (Lipinski definition) is 2. The topological polar surface area (TPSA) is 57.8 Å². The normalized spacial score (nSPS) is 11.7. The van der Waals surface area contributed by atoms with Crippen LogP contribution in [0, 0.1) is 5.41 Å². The average molecular weight is 245 g/mol. The molecule has 2 aromatic rings. The monoisotopic (exact) mass is 245 g/mol. The Morgan fingerprint density at radius 2 is 2.17 bits per heavy atom. The number of aromatic amines is 1. The minimum atomic E-state index is -0.326. The molecule has 2 N–H and O–H groups in total. The zero-order chi connectivity index (χ0) is 13.2. The third-order valence-corrected chi connectivity index (χ3v) is 2.87. The van der Waals surface area contributed by atoms with Gasteiger partial charge in [-0.2, -0.15) is 0 Å². The first-order chi connectivity index (χ1) is 8.47. The van der Waals surface area contributed by atoms with E-state index in [-0.39, 0.29) is 11.3 Å². The molecule has 18 heavy (non-hydrogen) atoms. The Kier molecular flexibility index (Phi) is 3.36. The molecule has 1 amide bonds. The van der Waals surface area contributed by atoms with Gasteiger partial charge in [-0.3, -0.25) is 4.79 Å². The molecule has 1 aromatic heterocycles. The number of fused-ring (bicyclic) bond motifs is 1. The van der Waals surface area contributed by atoms with Gasteiger partial charge in [0.05, 0.1) is 17.4 Å². The first kappa shape index (κ1) is 12.6. The number of hydrogen-bond donors (Lipinski definition) is 2. The Morgan fingerprint density at radius 1 is 1.39 bits per heavy atom. The number of nitrogens with zero attached hydrogens (tertiary/aromatic N) is 1. The van der Waals surface area contributed by atoms with Crippen LogP contribution in [0.2, 0.25) is 0 Å². The van der Waals surface area contributed by atoms with Gasteiger partial charge in [0.1, 0.15) is 0 Å². The summed E-state index contributed by atoms with van der Waals surface area (Å²) in [7, 11) is 0. The van der Waals surface area contributed by atoms with E-state index in [1.165, 1.54) is 5.56 Å². The number of carbonyl (C=O) groups excluding carboxylic acids is 1. The minimum absolute atomic E-state index is 0.0881. The number of amides is 1. The van der Waals surface area contributed by atoms with Crippen LogP contribution in [-0.4, -0.2) is 22.4 Å². The lowest BCUT2D eigenvalue weighted by atomic mass is 9.95. The van der Waals surface area contributed by atoms with Gasteiger partial charge in [-0.15, -0.1) is 0 Å². The summed E-state index contributed by atoms with van der Waals surface area (Å²) < 4.78 is 0. The Balaban J connectivity index is 1.92. The highest BCUT2D eigenvalue weighted by atomic mass is 16.2.